The van der Waals surface area contributed by atoms with E-state index in [2.05, 4.69) is 11.2 Å². The first-order valence-electron chi connectivity index (χ1n) is 6.16. The van der Waals surface area contributed by atoms with Gasteiger partial charge in [0, 0.05) is 0 Å². The van der Waals surface area contributed by atoms with E-state index in [1.165, 1.54) is 5.56 Å². The van der Waals surface area contributed by atoms with Crippen LogP contribution in [0, 0.1) is 17.0 Å². The van der Waals surface area contributed by atoms with Crippen molar-refractivity contribution in [2.24, 2.45) is 0 Å². The Labute approximate surface area is 110 Å². The van der Waals surface area contributed by atoms with Crippen molar-refractivity contribution in [1.82, 2.24) is 9.78 Å². The van der Waals surface area contributed by atoms with E-state index in [4.69, 9.17) is 5.73 Å². The van der Waals surface area contributed by atoms with Crippen LogP contribution in [0.5, 0.6) is 0 Å². The van der Waals surface area contributed by atoms with Gasteiger partial charge in [-0.3, -0.25) is 10.1 Å². The first-order chi connectivity index (χ1) is 9.09. The molecule has 1 heterocycles. The van der Waals surface area contributed by atoms with Gasteiger partial charge in [0.05, 0.1) is 11.0 Å². The lowest BCUT2D eigenvalue weighted by Crippen LogP contribution is -2.12. The van der Waals surface area contributed by atoms with Crippen molar-refractivity contribution in [3.63, 3.8) is 0 Å². The van der Waals surface area contributed by atoms with Crippen LogP contribution < -0.4 is 5.73 Å². The predicted octanol–water partition coefficient (Wildman–Crippen LogP) is 2.22. The molecule has 0 saturated heterocycles. The summed E-state index contributed by atoms with van der Waals surface area (Å²) in [5, 5.41) is 15.3. The van der Waals surface area contributed by atoms with Gasteiger partial charge in [0.25, 0.3) is 0 Å². The van der Waals surface area contributed by atoms with Crippen LogP contribution >= 0.6 is 0 Å². The minimum absolute atomic E-state index is 0.00333. The fraction of sp³-hybridized carbons (Fsp3) is 0.308. The SMILES string of the molecule is Cc1nn(C2CCc3ccccc32)c(N)c1[N+](=O)[O-]. The zero-order valence-electron chi connectivity index (χ0n) is 10.5. The van der Waals surface area contributed by atoms with Gasteiger partial charge in [0.15, 0.2) is 0 Å². The van der Waals surface area contributed by atoms with Crippen LogP contribution in [0.3, 0.4) is 0 Å². The Bertz CT molecular complexity index is 663. The van der Waals surface area contributed by atoms with Crippen molar-refractivity contribution in [1.29, 1.82) is 0 Å². The molecular weight excluding hydrogens is 244 g/mol. The molecule has 1 aromatic carbocycles. The monoisotopic (exact) mass is 258 g/mol. The molecule has 19 heavy (non-hydrogen) atoms. The predicted molar refractivity (Wildman–Crippen MR) is 70.9 cm³/mol. The maximum Gasteiger partial charge on any atom is 0.333 e. The van der Waals surface area contributed by atoms with Crippen LogP contribution in [-0.2, 0) is 6.42 Å². The second-order valence-corrected chi connectivity index (χ2v) is 4.77. The Balaban J connectivity index is 2.10. The number of hydrogen-bond acceptors (Lipinski definition) is 4. The molecule has 1 atom stereocenters. The molecule has 98 valence electrons. The second kappa shape index (κ2) is 4.08. The normalized spacial score (nSPS) is 17.4. The highest BCUT2D eigenvalue weighted by molar-refractivity contribution is 5.57. The van der Waals surface area contributed by atoms with E-state index in [-0.39, 0.29) is 17.5 Å². The number of aromatic nitrogens is 2. The van der Waals surface area contributed by atoms with Crippen LogP contribution in [0.4, 0.5) is 11.5 Å². The second-order valence-electron chi connectivity index (χ2n) is 4.77. The zero-order chi connectivity index (χ0) is 13.6. The molecule has 0 amide bonds. The van der Waals surface area contributed by atoms with Crippen molar-refractivity contribution >= 4 is 11.5 Å². The number of fused-ring (bicyclic) bond motifs is 1. The number of benzene rings is 1. The van der Waals surface area contributed by atoms with Gasteiger partial charge in [0.1, 0.15) is 5.69 Å². The summed E-state index contributed by atoms with van der Waals surface area (Å²) >= 11 is 0. The molecule has 3 rings (SSSR count). The summed E-state index contributed by atoms with van der Waals surface area (Å²) in [7, 11) is 0. The number of anilines is 1. The summed E-state index contributed by atoms with van der Waals surface area (Å²) in [4.78, 5) is 10.5. The van der Waals surface area contributed by atoms with Crippen LogP contribution in [0.15, 0.2) is 24.3 Å². The molecular formula is C13H14N4O2. The van der Waals surface area contributed by atoms with E-state index < -0.39 is 4.92 Å². The number of hydrogen-bond donors (Lipinski definition) is 1. The minimum atomic E-state index is -0.463. The molecule has 0 saturated carbocycles. The first-order valence-corrected chi connectivity index (χ1v) is 6.16. The van der Waals surface area contributed by atoms with Crippen LogP contribution in [0.2, 0.25) is 0 Å². The largest absolute Gasteiger partial charge is 0.378 e. The first kappa shape index (κ1) is 11.7. The van der Waals surface area contributed by atoms with Gasteiger partial charge >= 0.3 is 5.69 Å². The van der Waals surface area contributed by atoms with Gasteiger partial charge in [-0.25, -0.2) is 4.68 Å². The van der Waals surface area contributed by atoms with Crippen molar-refractivity contribution in [3.8, 4) is 0 Å². The average molecular weight is 258 g/mol. The molecule has 2 N–H and O–H groups in total. The van der Waals surface area contributed by atoms with E-state index in [0.717, 1.165) is 18.4 Å². The van der Waals surface area contributed by atoms with Crippen LogP contribution in [0.25, 0.3) is 0 Å². The highest BCUT2D eigenvalue weighted by atomic mass is 16.6. The molecule has 0 spiro atoms. The van der Waals surface area contributed by atoms with E-state index in [0.29, 0.717) is 5.69 Å². The maximum atomic E-state index is 11.0. The number of nitrogens with two attached hydrogens (primary N) is 1. The lowest BCUT2D eigenvalue weighted by atomic mass is 10.1. The van der Waals surface area contributed by atoms with Gasteiger partial charge < -0.3 is 5.73 Å². The van der Waals surface area contributed by atoms with Gasteiger partial charge in [0.2, 0.25) is 5.82 Å². The molecule has 2 aromatic rings. The molecule has 0 aliphatic heterocycles. The van der Waals surface area contributed by atoms with Gasteiger partial charge in [-0.2, -0.15) is 5.10 Å². The highest BCUT2D eigenvalue weighted by Crippen LogP contribution is 2.38. The molecule has 6 nitrogen and oxygen atoms in total. The fourth-order valence-electron chi connectivity index (χ4n) is 2.81. The molecule has 1 unspecified atom stereocenters. The zero-order valence-corrected chi connectivity index (χ0v) is 10.5. The van der Waals surface area contributed by atoms with Crippen molar-refractivity contribution in [2.75, 3.05) is 5.73 Å². The summed E-state index contributed by atoms with van der Waals surface area (Å²) in [6.45, 7) is 1.62. The number of nitro groups is 1. The molecule has 6 heteroatoms. The fourth-order valence-corrected chi connectivity index (χ4v) is 2.81. The average Bonchev–Trinajstić information content (AvgIpc) is 2.90. The third kappa shape index (κ3) is 1.68. The van der Waals surface area contributed by atoms with Crippen molar-refractivity contribution < 1.29 is 4.92 Å². The molecule has 0 bridgehead atoms. The van der Waals surface area contributed by atoms with Crippen LogP contribution in [-0.4, -0.2) is 14.7 Å². The summed E-state index contributed by atoms with van der Waals surface area (Å²) in [5.74, 6) is 0.143. The highest BCUT2D eigenvalue weighted by Gasteiger charge is 2.31. The number of nitrogens with zero attached hydrogens (tertiary/aromatic N) is 3. The van der Waals surface area contributed by atoms with Crippen LogP contribution in [0.1, 0.15) is 29.3 Å². The smallest absolute Gasteiger partial charge is 0.333 e. The summed E-state index contributed by atoms with van der Waals surface area (Å²) in [6.07, 6.45) is 1.83. The lowest BCUT2D eigenvalue weighted by molar-refractivity contribution is -0.384. The Hall–Kier alpha value is -2.37. The third-order valence-corrected chi connectivity index (χ3v) is 3.67. The standard InChI is InChI=1S/C13H14N4O2/c1-8-12(17(18)19)13(14)16(15-8)11-7-6-9-4-2-3-5-10(9)11/h2-5,11H,6-7,14H2,1H3. The topological polar surface area (TPSA) is 87.0 Å². The van der Waals surface area contributed by atoms with Gasteiger partial charge in [-0.1, -0.05) is 24.3 Å². The van der Waals surface area contributed by atoms with Crippen molar-refractivity contribution in [3.05, 3.63) is 51.2 Å². The minimum Gasteiger partial charge on any atom is -0.378 e. The number of nitrogen functional groups attached to an aromatic ring is 1. The Morgan fingerprint density at radius 2 is 2.21 bits per heavy atom. The van der Waals surface area contributed by atoms with E-state index in [1.807, 2.05) is 18.2 Å². The summed E-state index contributed by atoms with van der Waals surface area (Å²) < 4.78 is 1.60. The van der Waals surface area contributed by atoms with E-state index in [9.17, 15) is 10.1 Å². The molecule has 1 aliphatic carbocycles. The Morgan fingerprint density at radius 1 is 1.47 bits per heavy atom. The van der Waals surface area contributed by atoms with E-state index in [1.54, 1.807) is 11.6 Å². The Morgan fingerprint density at radius 3 is 2.89 bits per heavy atom. The van der Waals surface area contributed by atoms with Crippen molar-refractivity contribution in [2.45, 2.75) is 25.8 Å². The molecule has 1 aromatic heterocycles. The Kier molecular flexibility index (Phi) is 2.51. The molecule has 0 fully saturated rings. The van der Waals surface area contributed by atoms with E-state index >= 15 is 0 Å². The quantitative estimate of drug-likeness (QED) is 0.660. The number of rotatable bonds is 2. The molecule has 1 aliphatic rings. The lowest BCUT2D eigenvalue weighted by Gasteiger charge is -2.13. The summed E-state index contributed by atoms with van der Waals surface area (Å²) in [6, 6.07) is 8.09. The summed E-state index contributed by atoms with van der Waals surface area (Å²) in [5.41, 5.74) is 8.61. The maximum absolute atomic E-state index is 11.0. The molecule has 0 radical (unpaired) electrons. The number of aryl methyl sites for hydroxylation is 2. The third-order valence-electron chi connectivity index (χ3n) is 3.67. The van der Waals surface area contributed by atoms with Gasteiger partial charge in [-0.05, 0) is 30.9 Å². The van der Waals surface area contributed by atoms with Gasteiger partial charge in [-0.15, -0.1) is 0 Å².